The minimum absolute atomic E-state index is 1.21. The predicted octanol–water partition coefficient (Wildman–Crippen LogP) is 2.82. The zero-order chi connectivity index (χ0) is 10.6. The van der Waals surface area contributed by atoms with Gasteiger partial charge < -0.3 is 0 Å². The molecule has 0 radical (unpaired) electrons. The first-order chi connectivity index (χ1) is 7.50. The van der Waals surface area contributed by atoms with Crippen LogP contribution in [0.25, 0.3) is 0 Å². The summed E-state index contributed by atoms with van der Waals surface area (Å²) >= 11 is 4.28. The highest BCUT2D eigenvalue weighted by molar-refractivity contribution is 7.07. The summed E-state index contributed by atoms with van der Waals surface area (Å²) in [7, 11) is 0. The second-order valence-corrected chi connectivity index (χ2v) is 3.99. The molecule has 0 aromatic carbocycles. The Kier molecular flexibility index (Phi) is 7.44. The lowest BCUT2D eigenvalue weighted by Gasteiger charge is -1.41. The third-order valence-corrected chi connectivity index (χ3v) is 2.45. The van der Waals surface area contributed by atoms with Crippen LogP contribution in [0.1, 0.15) is 0 Å². The number of thiazole rings is 1. The van der Waals surface area contributed by atoms with Gasteiger partial charge in [-0.3, -0.25) is 4.98 Å². The van der Waals surface area contributed by atoms with Crippen molar-refractivity contribution in [3.8, 4) is 0 Å². The molecule has 7 heteroatoms. The smallest absolute Gasteiger partial charge is 0.0791 e. The van der Waals surface area contributed by atoms with Gasteiger partial charge in [-0.25, -0.2) is 4.37 Å². The van der Waals surface area contributed by atoms with Crippen LogP contribution in [-0.4, -0.2) is 18.1 Å². The van der Waals surface area contributed by atoms with E-state index >= 15 is 0 Å². The number of nitrogens with zero attached hydrogens (tertiary/aromatic N) is 4. The van der Waals surface area contributed by atoms with Gasteiger partial charge in [-0.1, -0.05) is 0 Å². The Labute approximate surface area is 99.8 Å². The van der Waals surface area contributed by atoms with Gasteiger partial charge in [0, 0.05) is 23.2 Å². The summed E-state index contributed by atoms with van der Waals surface area (Å²) in [4.78, 5) is 3.74. The third-order valence-electron chi connectivity index (χ3n) is 0.977. The van der Waals surface area contributed by atoms with Crippen molar-refractivity contribution in [2.75, 3.05) is 0 Å². The second-order valence-electron chi connectivity index (χ2n) is 1.95. The Balaban J connectivity index is 0.000000112. The van der Waals surface area contributed by atoms with E-state index in [4.69, 9.17) is 0 Å². The Morgan fingerprint density at radius 2 is 1.67 bits per heavy atom. The predicted molar refractivity (Wildman–Crippen MR) is 64.1 cm³/mol. The standard InChI is InChI=1S/2C3H3NS.C2H2N2S/c1-2-5-3-4-1;2*1-2-4-5-3-1/h2*1-3H;1-2H. The molecule has 0 saturated carbocycles. The van der Waals surface area contributed by atoms with E-state index in [1.54, 1.807) is 41.6 Å². The van der Waals surface area contributed by atoms with Crippen LogP contribution in [0.4, 0.5) is 0 Å². The van der Waals surface area contributed by atoms with Crippen LogP contribution in [0, 0.1) is 0 Å². The average molecular weight is 256 g/mol. The molecule has 0 bridgehead atoms. The molecule has 4 nitrogen and oxygen atoms in total. The number of hydrogen-bond acceptors (Lipinski definition) is 7. The van der Waals surface area contributed by atoms with E-state index in [0.717, 1.165) is 0 Å². The van der Waals surface area contributed by atoms with E-state index in [2.05, 4.69) is 18.1 Å². The highest BCUT2D eigenvalue weighted by Gasteiger charge is 1.61. The fourth-order valence-corrected chi connectivity index (χ4v) is 1.46. The molecule has 3 aromatic heterocycles. The fraction of sp³-hybridized carbons (Fsp3) is 0. The van der Waals surface area contributed by atoms with E-state index in [1.165, 1.54) is 23.3 Å². The van der Waals surface area contributed by atoms with E-state index in [1.807, 2.05) is 16.8 Å². The van der Waals surface area contributed by atoms with Gasteiger partial charge in [-0.05, 0) is 17.6 Å². The average Bonchev–Trinajstić information content (AvgIpc) is 3.09. The van der Waals surface area contributed by atoms with Crippen molar-refractivity contribution in [3.63, 3.8) is 0 Å². The van der Waals surface area contributed by atoms with E-state index < -0.39 is 0 Å². The van der Waals surface area contributed by atoms with Gasteiger partial charge in [0.1, 0.15) is 0 Å². The normalized spacial score (nSPS) is 8.00. The zero-order valence-corrected chi connectivity index (χ0v) is 10.1. The van der Waals surface area contributed by atoms with Crippen molar-refractivity contribution < 1.29 is 0 Å². The number of aromatic nitrogens is 4. The third kappa shape index (κ3) is 7.86. The highest BCUT2D eigenvalue weighted by Crippen LogP contribution is 1.86. The molecule has 0 saturated heterocycles. The van der Waals surface area contributed by atoms with Crippen LogP contribution < -0.4 is 0 Å². The molecule has 0 fully saturated rings. The summed E-state index contributed by atoms with van der Waals surface area (Å²) in [5.74, 6) is 0. The van der Waals surface area contributed by atoms with Gasteiger partial charge in [0.15, 0.2) is 0 Å². The maximum Gasteiger partial charge on any atom is 0.0791 e. The van der Waals surface area contributed by atoms with Crippen LogP contribution >= 0.6 is 34.6 Å². The topological polar surface area (TPSA) is 51.6 Å². The summed E-state index contributed by atoms with van der Waals surface area (Å²) in [5, 5.41) is 3.86. The lowest BCUT2D eigenvalue weighted by atomic mass is 10.8. The molecular weight excluding hydrogens is 248 g/mol. The molecular formula is C8H8N4S3. The first kappa shape index (κ1) is 11.9. The Morgan fingerprint density at radius 1 is 0.800 bits per heavy atom. The molecule has 0 amide bonds. The van der Waals surface area contributed by atoms with Crippen molar-refractivity contribution in [2.24, 2.45) is 0 Å². The maximum absolute atomic E-state index is 3.76. The molecule has 3 aromatic rings. The number of hydrogen-bond donors (Lipinski definition) is 0. The first-order valence-corrected chi connectivity index (χ1v) is 6.39. The molecule has 78 valence electrons. The molecule has 0 aliphatic rings. The Hall–Kier alpha value is -1.18. The van der Waals surface area contributed by atoms with Crippen LogP contribution in [0.2, 0.25) is 0 Å². The van der Waals surface area contributed by atoms with E-state index in [9.17, 15) is 0 Å². The molecule has 0 aliphatic heterocycles. The van der Waals surface area contributed by atoms with Gasteiger partial charge >= 0.3 is 0 Å². The van der Waals surface area contributed by atoms with Crippen molar-refractivity contribution in [1.82, 2.24) is 18.1 Å². The monoisotopic (exact) mass is 256 g/mol. The largest absolute Gasteiger partial charge is 0.253 e. The summed E-state index contributed by atoms with van der Waals surface area (Å²) in [6.45, 7) is 0. The maximum atomic E-state index is 3.76. The van der Waals surface area contributed by atoms with Crippen molar-refractivity contribution in [1.29, 1.82) is 0 Å². The van der Waals surface area contributed by atoms with Crippen LogP contribution in [-0.2, 0) is 0 Å². The minimum Gasteiger partial charge on any atom is -0.253 e. The first-order valence-electron chi connectivity index (χ1n) is 3.88. The molecule has 0 spiro atoms. The molecule has 0 unspecified atom stereocenters. The quantitative estimate of drug-likeness (QED) is 0.620. The molecule has 0 atom stereocenters. The van der Waals surface area contributed by atoms with E-state index in [0.29, 0.717) is 0 Å². The molecule has 0 N–H and O–H groups in total. The lowest BCUT2D eigenvalue weighted by Crippen LogP contribution is -1.38. The Morgan fingerprint density at radius 3 is 1.87 bits per heavy atom. The van der Waals surface area contributed by atoms with Gasteiger partial charge in [0.25, 0.3) is 0 Å². The molecule has 15 heavy (non-hydrogen) atoms. The zero-order valence-electron chi connectivity index (χ0n) is 7.63. The van der Waals surface area contributed by atoms with Crippen LogP contribution in [0.5, 0.6) is 0 Å². The lowest BCUT2D eigenvalue weighted by molar-refractivity contribution is 1.43. The molecule has 3 rings (SSSR count). The summed E-state index contributed by atoms with van der Waals surface area (Å²) in [6, 6.07) is 1.91. The van der Waals surface area contributed by atoms with Gasteiger partial charge in [0.2, 0.25) is 0 Å². The second kappa shape index (κ2) is 9.38. The summed E-state index contributed by atoms with van der Waals surface area (Å²) in [5.41, 5.74) is 1.79. The van der Waals surface area contributed by atoms with Gasteiger partial charge in [-0.2, -0.15) is 8.75 Å². The SMILES string of the molecule is c1cnsc1.c1cnsn1.c1cscn1. The summed E-state index contributed by atoms with van der Waals surface area (Å²) < 4.78 is 11.1. The van der Waals surface area contributed by atoms with Gasteiger partial charge in [0.05, 0.1) is 29.6 Å². The van der Waals surface area contributed by atoms with Crippen molar-refractivity contribution in [2.45, 2.75) is 0 Å². The van der Waals surface area contributed by atoms with Crippen molar-refractivity contribution in [3.05, 3.63) is 47.1 Å². The molecule has 0 aliphatic carbocycles. The van der Waals surface area contributed by atoms with E-state index in [-0.39, 0.29) is 0 Å². The Bertz CT molecular complexity index is 254. The van der Waals surface area contributed by atoms with Crippen LogP contribution in [0.3, 0.4) is 0 Å². The minimum atomic E-state index is 1.21. The van der Waals surface area contributed by atoms with Crippen LogP contribution in [0.15, 0.2) is 47.1 Å². The fourth-order valence-electron chi connectivity index (χ4n) is 0.487. The van der Waals surface area contributed by atoms with Gasteiger partial charge in [-0.15, -0.1) is 11.3 Å². The highest BCUT2D eigenvalue weighted by atomic mass is 32.1. The summed E-state index contributed by atoms with van der Waals surface area (Å²) in [6.07, 6.45) is 6.85. The number of rotatable bonds is 0. The van der Waals surface area contributed by atoms with Crippen molar-refractivity contribution >= 4 is 34.6 Å². The molecule has 3 heterocycles.